The number of nitrogens with one attached hydrogen (secondary N) is 1. The molecular weight excluding hydrogens is 308 g/mol. The zero-order chi connectivity index (χ0) is 17.7. The third kappa shape index (κ3) is 3.84. The minimum Gasteiger partial charge on any atom is -0.465 e. The van der Waals surface area contributed by atoms with Crippen LogP contribution in [0.1, 0.15) is 26.0 Å². The maximum Gasteiger partial charge on any atom is 0.408 e. The molecule has 2 heterocycles. The highest BCUT2D eigenvalue weighted by Crippen LogP contribution is 2.26. The Morgan fingerprint density at radius 1 is 1.46 bits per heavy atom. The van der Waals surface area contributed by atoms with Gasteiger partial charge in [-0.2, -0.15) is 0 Å². The molecule has 1 aromatic rings. The zero-order valence-corrected chi connectivity index (χ0v) is 14.5. The molecule has 1 aliphatic heterocycles. The summed E-state index contributed by atoms with van der Waals surface area (Å²) >= 11 is 0. The number of aromatic nitrogens is 1. The van der Waals surface area contributed by atoms with Crippen molar-refractivity contribution in [2.75, 3.05) is 31.6 Å². The predicted molar refractivity (Wildman–Crippen MR) is 92.2 cm³/mol. The Labute approximate surface area is 142 Å². The number of hydrogen-bond acceptors (Lipinski definition) is 5. The lowest BCUT2D eigenvalue weighted by atomic mass is 10.0. The van der Waals surface area contributed by atoms with Crippen molar-refractivity contribution in [3.05, 3.63) is 24.0 Å². The van der Waals surface area contributed by atoms with Gasteiger partial charge in [-0.25, -0.2) is 4.79 Å². The Balaban J connectivity index is 2.20. The van der Waals surface area contributed by atoms with E-state index >= 15 is 0 Å². The van der Waals surface area contributed by atoms with Crippen LogP contribution in [-0.2, 0) is 11.2 Å². The second kappa shape index (κ2) is 7.61. The van der Waals surface area contributed by atoms with Gasteiger partial charge < -0.3 is 14.8 Å². The van der Waals surface area contributed by atoms with Crippen molar-refractivity contribution in [1.82, 2.24) is 15.2 Å². The number of aldehydes is 1. The molecule has 7 heteroatoms. The summed E-state index contributed by atoms with van der Waals surface area (Å²) in [4.78, 5) is 30.5. The molecule has 7 nitrogen and oxygen atoms in total. The van der Waals surface area contributed by atoms with Crippen molar-refractivity contribution in [1.29, 1.82) is 0 Å². The summed E-state index contributed by atoms with van der Waals surface area (Å²) in [6.45, 7) is 5.61. The third-order valence-electron chi connectivity index (χ3n) is 4.47. The number of carbonyl (C=O) groups excluding carboxylic acids is 1. The highest BCUT2D eigenvalue weighted by atomic mass is 16.4. The Morgan fingerprint density at radius 2 is 2.21 bits per heavy atom. The highest BCUT2D eigenvalue weighted by Gasteiger charge is 2.43. The molecule has 1 fully saturated rings. The molecule has 24 heavy (non-hydrogen) atoms. The van der Waals surface area contributed by atoms with Crippen LogP contribution in [-0.4, -0.2) is 59.7 Å². The van der Waals surface area contributed by atoms with Crippen LogP contribution in [0.15, 0.2) is 18.3 Å². The van der Waals surface area contributed by atoms with E-state index in [4.69, 9.17) is 0 Å². The lowest BCUT2D eigenvalue weighted by Gasteiger charge is -2.49. The highest BCUT2D eigenvalue weighted by molar-refractivity contribution is 5.68. The van der Waals surface area contributed by atoms with E-state index < -0.39 is 11.8 Å². The fourth-order valence-electron chi connectivity index (χ4n) is 3.19. The molecule has 2 N–H and O–H groups in total. The molecular formula is C17H26N4O3. The molecule has 0 bridgehead atoms. The lowest BCUT2D eigenvalue weighted by molar-refractivity contribution is -0.110. The molecule has 0 radical (unpaired) electrons. The molecule has 0 aliphatic carbocycles. The molecule has 2 rings (SSSR count). The van der Waals surface area contributed by atoms with Crippen LogP contribution in [0.3, 0.4) is 0 Å². The Hall–Kier alpha value is -2.15. The Morgan fingerprint density at radius 3 is 2.71 bits per heavy atom. The summed E-state index contributed by atoms with van der Waals surface area (Å²) in [6.07, 6.45) is 2.61. The maximum absolute atomic E-state index is 11.5. The summed E-state index contributed by atoms with van der Waals surface area (Å²) in [6, 6.07) is 4.03. The number of amides is 1. The van der Waals surface area contributed by atoms with E-state index in [2.05, 4.69) is 29.0 Å². The second-order valence-electron chi connectivity index (χ2n) is 6.61. The number of piperazine rings is 1. The van der Waals surface area contributed by atoms with Crippen molar-refractivity contribution in [3.63, 3.8) is 0 Å². The van der Waals surface area contributed by atoms with Gasteiger partial charge in [0, 0.05) is 25.2 Å². The Bertz CT molecular complexity index is 576. The molecule has 1 atom stereocenters. The first-order chi connectivity index (χ1) is 11.4. The van der Waals surface area contributed by atoms with E-state index in [1.54, 1.807) is 7.05 Å². The zero-order valence-electron chi connectivity index (χ0n) is 14.5. The van der Waals surface area contributed by atoms with E-state index in [0.717, 1.165) is 24.1 Å². The van der Waals surface area contributed by atoms with E-state index in [1.165, 1.54) is 4.90 Å². The number of likely N-dealkylation sites (N-methyl/N-ethyl adjacent to an activating group) is 1. The molecule has 132 valence electrons. The number of pyridine rings is 1. The van der Waals surface area contributed by atoms with Crippen LogP contribution in [0, 0.1) is 5.92 Å². The van der Waals surface area contributed by atoms with Crippen LogP contribution >= 0.6 is 0 Å². The second-order valence-corrected chi connectivity index (χ2v) is 6.61. The molecule has 1 amide bonds. The van der Waals surface area contributed by atoms with Gasteiger partial charge in [0.1, 0.15) is 11.9 Å². The van der Waals surface area contributed by atoms with Gasteiger partial charge in [0.15, 0.2) is 0 Å². The minimum atomic E-state index is -1.02. The van der Waals surface area contributed by atoms with Crippen LogP contribution in [0.2, 0.25) is 0 Å². The van der Waals surface area contributed by atoms with Gasteiger partial charge in [0.05, 0.1) is 18.4 Å². The van der Waals surface area contributed by atoms with Gasteiger partial charge in [0.2, 0.25) is 0 Å². The molecule has 1 aliphatic rings. The number of carboxylic acid groups (broad SMARTS) is 1. The molecule has 1 unspecified atom stereocenters. The number of hydrogen-bond donors (Lipinski definition) is 2. The van der Waals surface area contributed by atoms with Crippen molar-refractivity contribution in [2.24, 2.45) is 5.92 Å². The van der Waals surface area contributed by atoms with Crippen molar-refractivity contribution >= 4 is 18.1 Å². The largest absolute Gasteiger partial charge is 0.465 e. The van der Waals surface area contributed by atoms with Crippen molar-refractivity contribution in [2.45, 2.75) is 32.4 Å². The van der Waals surface area contributed by atoms with Crippen LogP contribution in [0.4, 0.5) is 10.5 Å². The predicted octanol–water partition coefficient (Wildman–Crippen LogP) is 1.58. The van der Waals surface area contributed by atoms with Crippen LogP contribution in [0.5, 0.6) is 0 Å². The van der Waals surface area contributed by atoms with E-state index in [9.17, 15) is 14.7 Å². The Kier molecular flexibility index (Phi) is 5.77. The first-order valence-corrected chi connectivity index (χ1v) is 8.25. The average molecular weight is 334 g/mol. The lowest BCUT2D eigenvalue weighted by Crippen LogP contribution is -2.70. The third-order valence-corrected chi connectivity index (χ3v) is 4.47. The summed E-state index contributed by atoms with van der Waals surface area (Å²) in [7, 11) is 1.69. The monoisotopic (exact) mass is 334 g/mol. The smallest absolute Gasteiger partial charge is 0.408 e. The molecule has 1 aromatic heterocycles. The fraction of sp³-hybridized carbons (Fsp3) is 0.588. The van der Waals surface area contributed by atoms with Crippen molar-refractivity contribution in [3.8, 4) is 0 Å². The molecule has 1 saturated heterocycles. The van der Waals surface area contributed by atoms with Gasteiger partial charge in [-0.1, -0.05) is 13.8 Å². The quantitative estimate of drug-likeness (QED) is 0.768. The van der Waals surface area contributed by atoms with E-state index in [0.29, 0.717) is 25.6 Å². The SMILES string of the molecule is CNC1(CC=O)CN(c2ccc(CC(C)C)nc2)CCN1C(=O)O. The van der Waals surface area contributed by atoms with E-state index in [-0.39, 0.29) is 6.42 Å². The number of rotatable bonds is 6. The van der Waals surface area contributed by atoms with Gasteiger partial charge in [-0.3, -0.25) is 15.2 Å². The standard InChI is InChI=1S/C17H26N4O3/c1-13(2)10-14-4-5-15(11-19-14)20-7-8-21(16(23)24)17(12-20,18-3)6-9-22/h4-5,9,11,13,18H,6-8,10,12H2,1-3H3,(H,23,24). The maximum atomic E-state index is 11.5. The summed E-state index contributed by atoms with van der Waals surface area (Å²) in [5, 5.41) is 12.5. The van der Waals surface area contributed by atoms with Gasteiger partial charge in [-0.05, 0) is 31.5 Å². The normalized spacial score (nSPS) is 21.2. The van der Waals surface area contributed by atoms with Crippen LogP contribution in [0.25, 0.3) is 0 Å². The number of anilines is 1. The fourth-order valence-corrected chi connectivity index (χ4v) is 3.19. The van der Waals surface area contributed by atoms with Gasteiger partial charge >= 0.3 is 6.09 Å². The minimum absolute atomic E-state index is 0.102. The van der Waals surface area contributed by atoms with Gasteiger partial charge in [-0.15, -0.1) is 0 Å². The van der Waals surface area contributed by atoms with Crippen LogP contribution < -0.4 is 10.2 Å². The average Bonchev–Trinajstić information content (AvgIpc) is 2.55. The summed E-state index contributed by atoms with van der Waals surface area (Å²) < 4.78 is 0. The first kappa shape index (κ1) is 18.2. The molecule has 0 spiro atoms. The van der Waals surface area contributed by atoms with Gasteiger partial charge in [0.25, 0.3) is 0 Å². The van der Waals surface area contributed by atoms with E-state index in [1.807, 2.05) is 18.3 Å². The molecule has 0 saturated carbocycles. The first-order valence-electron chi connectivity index (χ1n) is 8.25. The summed E-state index contributed by atoms with van der Waals surface area (Å²) in [5.41, 5.74) is 1.08. The molecule has 0 aromatic carbocycles. The number of carbonyl (C=O) groups is 2. The number of nitrogens with zero attached hydrogens (tertiary/aromatic N) is 3. The van der Waals surface area contributed by atoms with Crippen molar-refractivity contribution < 1.29 is 14.7 Å². The topological polar surface area (TPSA) is 85.8 Å². The summed E-state index contributed by atoms with van der Waals surface area (Å²) in [5.74, 6) is 0.548.